The van der Waals surface area contributed by atoms with E-state index in [2.05, 4.69) is 10.3 Å². The Morgan fingerprint density at radius 3 is 2.77 bits per heavy atom. The van der Waals surface area contributed by atoms with Crippen LogP contribution >= 0.6 is 11.3 Å². The lowest BCUT2D eigenvalue weighted by molar-refractivity contribution is -0.121. The van der Waals surface area contributed by atoms with E-state index in [1.54, 1.807) is 7.11 Å². The molecule has 0 unspecified atom stereocenters. The number of carbonyl (C=O) groups excluding carboxylic acids is 1. The topological polar surface area (TPSA) is 71.5 Å². The molecule has 0 aliphatic heterocycles. The molecule has 6 heteroatoms. The van der Waals surface area contributed by atoms with Crippen LogP contribution in [0, 0.1) is 0 Å². The third kappa shape index (κ3) is 4.47. The Hall–Kier alpha value is -2.70. The number of carbonyl (C=O) groups is 1. The highest BCUT2D eigenvalue weighted by molar-refractivity contribution is 7.13. The molecular formula is C20H20N2O3S. The van der Waals surface area contributed by atoms with E-state index < -0.39 is 6.04 Å². The fourth-order valence-corrected chi connectivity index (χ4v) is 3.42. The highest BCUT2D eigenvalue weighted by atomic mass is 32.1. The molecule has 1 amide bonds. The summed E-state index contributed by atoms with van der Waals surface area (Å²) in [5.74, 6) is 0.598. The number of aliphatic hydroxyl groups excluding tert-OH is 1. The summed E-state index contributed by atoms with van der Waals surface area (Å²) in [4.78, 5) is 16.9. The Morgan fingerprint density at radius 2 is 2.04 bits per heavy atom. The van der Waals surface area contributed by atoms with Crippen LogP contribution in [0.4, 0.5) is 0 Å². The van der Waals surface area contributed by atoms with Crippen LogP contribution in [0.2, 0.25) is 0 Å². The van der Waals surface area contributed by atoms with Gasteiger partial charge in [0.2, 0.25) is 5.91 Å². The van der Waals surface area contributed by atoms with Crippen molar-refractivity contribution in [3.8, 4) is 16.3 Å². The summed E-state index contributed by atoms with van der Waals surface area (Å²) in [5.41, 5.74) is 2.53. The van der Waals surface area contributed by atoms with E-state index in [4.69, 9.17) is 4.74 Å². The number of hydrogen-bond acceptors (Lipinski definition) is 5. The van der Waals surface area contributed by atoms with Gasteiger partial charge in [0, 0.05) is 10.9 Å². The van der Waals surface area contributed by atoms with Gasteiger partial charge in [0.05, 0.1) is 31.9 Å². The molecule has 0 radical (unpaired) electrons. The first-order chi connectivity index (χ1) is 12.7. The quantitative estimate of drug-likeness (QED) is 0.672. The molecular weight excluding hydrogens is 348 g/mol. The number of thiazole rings is 1. The van der Waals surface area contributed by atoms with Gasteiger partial charge in [-0.25, -0.2) is 4.98 Å². The Balaban J connectivity index is 1.65. The van der Waals surface area contributed by atoms with Gasteiger partial charge in [-0.2, -0.15) is 0 Å². The minimum Gasteiger partial charge on any atom is -0.497 e. The average molecular weight is 368 g/mol. The largest absolute Gasteiger partial charge is 0.497 e. The summed E-state index contributed by atoms with van der Waals surface area (Å²) in [6.45, 7) is -0.151. The number of aliphatic hydroxyl groups is 1. The fraction of sp³-hybridized carbons (Fsp3) is 0.200. The molecule has 0 aliphatic rings. The number of amides is 1. The minimum absolute atomic E-state index is 0.151. The maximum absolute atomic E-state index is 12.3. The number of methoxy groups -OCH3 is 1. The molecule has 0 spiro atoms. The molecule has 3 rings (SSSR count). The molecule has 0 saturated heterocycles. The molecule has 0 aliphatic carbocycles. The smallest absolute Gasteiger partial charge is 0.226 e. The van der Waals surface area contributed by atoms with Crippen molar-refractivity contribution in [3.05, 3.63) is 71.2 Å². The molecule has 134 valence electrons. The second-order valence-electron chi connectivity index (χ2n) is 5.77. The van der Waals surface area contributed by atoms with Gasteiger partial charge in [-0.1, -0.05) is 42.5 Å². The summed E-state index contributed by atoms with van der Waals surface area (Å²) in [6.07, 6.45) is 0.170. The number of nitrogens with zero attached hydrogens (tertiary/aromatic N) is 1. The van der Waals surface area contributed by atoms with E-state index in [1.807, 2.05) is 60.0 Å². The van der Waals surface area contributed by atoms with E-state index in [9.17, 15) is 9.90 Å². The Kier molecular flexibility index (Phi) is 5.99. The van der Waals surface area contributed by atoms with E-state index in [1.165, 1.54) is 11.3 Å². The predicted octanol–water partition coefficient (Wildman–Crippen LogP) is 3.21. The fourth-order valence-electron chi connectivity index (χ4n) is 2.61. The van der Waals surface area contributed by atoms with Gasteiger partial charge in [-0.15, -0.1) is 11.3 Å². The first-order valence-electron chi connectivity index (χ1n) is 8.23. The number of rotatable bonds is 7. The van der Waals surface area contributed by atoms with Crippen LogP contribution in [0.5, 0.6) is 5.75 Å². The molecule has 2 N–H and O–H groups in total. The second kappa shape index (κ2) is 8.60. The van der Waals surface area contributed by atoms with Crippen molar-refractivity contribution in [2.24, 2.45) is 0 Å². The molecule has 1 atom stereocenters. The van der Waals surface area contributed by atoms with Gasteiger partial charge in [0.1, 0.15) is 10.8 Å². The molecule has 0 fully saturated rings. The standard InChI is InChI=1S/C20H20N2O3S/c1-25-17-9-5-8-15(10-17)20-21-16(13-26-20)11-19(24)22-18(12-23)14-6-3-2-4-7-14/h2-10,13,18,23H,11-12H2,1H3,(H,22,24)/t18-/m0/s1. The number of ether oxygens (including phenoxy) is 1. The maximum atomic E-state index is 12.3. The number of hydrogen-bond donors (Lipinski definition) is 2. The van der Waals surface area contributed by atoms with E-state index in [0.717, 1.165) is 21.9 Å². The summed E-state index contributed by atoms with van der Waals surface area (Å²) < 4.78 is 5.23. The minimum atomic E-state index is -0.416. The molecule has 3 aromatic rings. The zero-order valence-corrected chi connectivity index (χ0v) is 15.2. The monoisotopic (exact) mass is 368 g/mol. The van der Waals surface area contributed by atoms with Gasteiger partial charge in [0.25, 0.3) is 0 Å². The third-order valence-corrected chi connectivity index (χ3v) is 4.87. The molecule has 0 saturated carbocycles. The van der Waals surface area contributed by atoms with Crippen molar-refractivity contribution in [2.45, 2.75) is 12.5 Å². The van der Waals surface area contributed by atoms with Crippen LogP contribution in [0.3, 0.4) is 0 Å². The average Bonchev–Trinajstić information content (AvgIpc) is 3.15. The Bertz CT molecular complexity index is 864. The van der Waals surface area contributed by atoms with Crippen LogP contribution in [0.15, 0.2) is 60.0 Å². The molecule has 26 heavy (non-hydrogen) atoms. The van der Waals surface area contributed by atoms with Crippen LogP contribution in [0.1, 0.15) is 17.3 Å². The molecule has 2 aromatic carbocycles. The van der Waals surface area contributed by atoms with Crippen molar-refractivity contribution < 1.29 is 14.6 Å². The van der Waals surface area contributed by atoms with Crippen LogP contribution in [-0.4, -0.2) is 29.7 Å². The van der Waals surface area contributed by atoms with Crippen LogP contribution in [0.25, 0.3) is 10.6 Å². The SMILES string of the molecule is COc1cccc(-c2nc(CC(=O)N[C@@H](CO)c3ccccc3)cs2)c1. The van der Waals surface area contributed by atoms with Gasteiger partial charge >= 0.3 is 0 Å². The highest BCUT2D eigenvalue weighted by Crippen LogP contribution is 2.27. The van der Waals surface area contributed by atoms with Crippen molar-refractivity contribution in [1.82, 2.24) is 10.3 Å². The van der Waals surface area contributed by atoms with Gasteiger partial charge in [-0.3, -0.25) is 4.79 Å². The van der Waals surface area contributed by atoms with E-state index in [0.29, 0.717) is 5.69 Å². The summed E-state index contributed by atoms with van der Waals surface area (Å²) in [6, 6.07) is 16.7. The second-order valence-corrected chi connectivity index (χ2v) is 6.62. The Labute approximate surface area is 156 Å². The first-order valence-corrected chi connectivity index (χ1v) is 9.11. The van der Waals surface area contributed by atoms with Crippen molar-refractivity contribution >= 4 is 17.2 Å². The highest BCUT2D eigenvalue weighted by Gasteiger charge is 2.15. The summed E-state index contributed by atoms with van der Waals surface area (Å²) in [7, 11) is 1.63. The number of aromatic nitrogens is 1. The lowest BCUT2D eigenvalue weighted by Gasteiger charge is -2.16. The van der Waals surface area contributed by atoms with Crippen LogP contribution in [-0.2, 0) is 11.2 Å². The molecule has 5 nitrogen and oxygen atoms in total. The Morgan fingerprint density at radius 1 is 1.23 bits per heavy atom. The lowest BCUT2D eigenvalue weighted by Crippen LogP contribution is -2.32. The van der Waals surface area contributed by atoms with Crippen molar-refractivity contribution in [3.63, 3.8) is 0 Å². The van der Waals surface area contributed by atoms with Gasteiger partial charge in [-0.05, 0) is 17.7 Å². The summed E-state index contributed by atoms with van der Waals surface area (Å²) in [5, 5.41) is 15.1. The van der Waals surface area contributed by atoms with Gasteiger partial charge in [0.15, 0.2) is 0 Å². The number of benzene rings is 2. The molecule has 0 bridgehead atoms. The molecule has 1 aromatic heterocycles. The normalized spacial score (nSPS) is 11.8. The lowest BCUT2D eigenvalue weighted by atomic mass is 10.1. The van der Waals surface area contributed by atoms with E-state index in [-0.39, 0.29) is 18.9 Å². The predicted molar refractivity (Wildman–Crippen MR) is 102 cm³/mol. The zero-order valence-electron chi connectivity index (χ0n) is 14.4. The van der Waals surface area contributed by atoms with Crippen molar-refractivity contribution in [1.29, 1.82) is 0 Å². The van der Waals surface area contributed by atoms with Crippen molar-refractivity contribution in [2.75, 3.05) is 13.7 Å². The van der Waals surface area contributed by atoms with Crippen LogP contribution < -0.4 is 10.1 Å². The number of nitrogens with one attached hydrogen (secondary N) is 1. The van der Waals surface area contributed by atoms with Gasteiger partial charge < -0.3 is 15.2 Å². The zero-order chi connectivity index (χ0) is 18.4. The molecule has 1 heterocycles. The van der Waals surface area contributed by atoms with E-state index >= 15 is 0 Å². The third-order valence-electron chi connectivity index (χ3n) is 3.93. The first kappa shape index (κ1) is 18.1. The summed E-state index contributed by atoms with van der Waals surface area (Å²) >= 11 is 1.49. The maximum Gasteiger partial charge on any atom is 0.226 e.